The van der Waals surface area contributed by atoms with Crippen molar-refractivity contribution in [1.29, 1.82) is 0 Å². The molecule has 0 aliphatic heterocycles. The Morgan fingerprint density at radius 3 is 2.03 bits per heavy atom. The molecule has 0 atom stereocenters. The fourth-order valence-electron chi connectivity index (χ4n) is 3.64. The third kappa shape index (κ3) is 6.56. The van der Waals surface area contributed by atoms with Crippen LogP contribution in [0.4, 0.5) is 26.3 Å². The Hall–Kier alpha value is -3.77. The number of rotatable bonds is 6. The molecule has 0 radical (unpaired) electrons. The van der Waals surface area contributed by atoms with Gasteiger partial charge in [0.2, 0.25) is 10.0 Å². The van der Waals surface area contributed by atoms with Crippen LogP contribution >= 0.6 is 0 Å². The van der Waals surface area contributed by atoms with Crippen LogP contribution in [0.5, 0.6) is 0 Å². The number of alkyl halides is 6. The maximum absolute atomic E-state index is 12.9. The minimum atomic E-state index is -4.71. The van der Waals surface area contributed by atoms with Gasteiger partial charge in [-0.3, -0.25) is 4.98 Å². The molecule has 4 rings (SSSR count). The van der Waals surface area contributed by atoms with E-state index in [0.717, 1.165) is 12.1 Å². The summed E-state index contributed by atoms with van der Waals surface area (Å²) >= 11 is 0. The smallest absolute Gasteiger partial charge is 0.251 e. The van der Waals surface area contributed by atoms with Crippen molar-refractivity contribution < 1.29 is 34.8 Å². The zero-order chi connectivity index (χ0) is 27.7. The van der Waals surface area contributed by atoms with Crippen LogP contribution in [-0.4, -0.2) is 31.1 Å². The molecule has 0 spiro atoms. The maximum Gasteiger partial charge on any atom is 0.416 e. The molecule has 38 heavy (non-hydrogen) atoms. The Bertz CT molecular complexity index is 1570. The van der Waals surface area contributed by atoms with Crippen LogP contribution in [0.2, 0.25) is 0 Å². The van der Waals surface area contributed by atoms with E-state index in [2.05, 4.69) is 9.97 Å². The van der Waals surface area contributed by atoms with Crippen molar-refractivity contribution in [2.24, 2.45) is 0 Å². The number of aromatic nitrogens is 2. The lowest BCUT2D eigenvalue weighted by molar-refractivity contribution is -0.137. The van der Waals surface area contributed by atoms with Crippen LogP contribution in [0, 0.1) is 6.92 Å². The summed E-state index contributed by atoms with van der Waals surface area (Å²) in [6, 6.07) is 18.4. The second-order valence-electron chi connectivity index (χ2n) is 8.33. The second-order valence-corrected chi connectivity index (χ2v) is 10.1. The highest BCUT2D eigenvalue weighted by Crippen LogP contribution is 2.32. The first kappa shape index (κ1) is 27.3. The van der Waals surface area contributed by atoms with Gasteiger partial charge < -0.3 is 0 Å². The van der Waals surface area contributed by atoms with Gasteiger partial charge >= 0.3 is 12.4 Å². The second kappa shape index (κ2) is 10.2. The van der Waals surface area contributed by atoms with Crippen molar-refractivity contribution in [3.8, 4) is 33.8 Å². The molecule has 0 unspecified atom stereocenters. The van der Waals surface area contributed by atoms with E-state index in [9.17, 15) is 34.8 Å². The van der Waals surface area contributed by atoms with Crippen molar-refractivity contribution >= 4 is 10.0 Å². The molecule has 0 saturated carbocycles. The first-order valence-electron chi connectivity index (χ1n) is 11.0. The first-order chi connectivity index (χ1) is 17.7. The summed E-state index contributed by atoms with van der Waals surface area (Å²) in [5, 5.41) is 0. The van der Waals surface area contributed by atoms with Gasteiger partial charge in [-0.1, -0.05) is 30.3 Å². The van der Waals surface area contributed by atoms with E-state index in [1.54, 1.807) is 43.3 Å². The molecular formula is C26H19F6N3O2S. The van der Waals surface area contributed by atoms with Crippen LogP contribution in [0.3, 0.4) is 0 Å². The molecule has 0 aliphatic carbocycles. The third-order valence-electron chi connectivity index (χ3n) is 5.41. The highest BCUT2D eigenvalue weighted by molar-refractivity contribution is 7.89. The number of halogens is 6. The van der Waals surface area contributed by atoms with Gasteiger partial charge in [0, 0.05) is 11.3 Å². The predicted octanol–water partition coefficient (Wildman–Crippen LogP) is 6.65. The predicted molar refractivity (Wildman–Crippen MR) is 129 cm³/mol. The Morgan fingerprint density at radius 1 is 0.711 bits per heavy atom. The van der Waals surface area contributed by atoms with Crippen molar-refractivity contribution in [3.63, 3.8) is 0 Å². The molecule has 0 aliphatic rings. The first-order valence-corrected chi connectivity index (χ1v) is 12.5. The average molecular weight is 552 g/mol. The molecule has 0 saturated heterocycles. The average Bonchev–Trinajstić information content (AvgIpc) is 2.86. The molecule has 0 bridgehead atoms. The summed E-state index contributed by atoms with van der Waals surface area (Å²) in [6.45, 7) is 0.0246. The van der Waals surface area contributed by atoms with Gasteiger partial charge in [0.25, 0.3) is 0 Å². The van der Waals surface area contributed by atoms with Crippen LogP contribution in [0.15, 0.2) is 83.8 Å². The van der Waals surface area contributed by atoms with Crippen LogP contribution in [0.1, 0.15) is 11.3 Å². The summed E-state index contributed by atoms with van der Waals surface area (Å²) in [6.07, 6.45) is -9.16. The van der Waals surface area contributed by atoms with E-state index in [0.29, 0.717) is 39.5 Å². The largest absolute Gasteiger partial charge is 0.416 e. The fraction of sp³-hybridized carbons (Fsp3) is 0.154. The Labute approximate surface area is 214 Å². The highest BCUT2D eigenvalue weighted by Gasteiger charge is 2.31. The maximum atomic E-state index is 12.9. The summed E-state index contributed by atoms with van der Waals surface area (Å²) in [7, 11) is -4.42. The number of nitrogens with zero attached hydrogens (tertiary/aromatic N) is 2. The third-order valence-corrected chi connectivity index (χ3v) is 6.81. The van der Waals surface area contributed by atoms with Gasteiger partial charge in [0.1, 0.15) is 6.54 Å². The molecule has 5 nitrogen and oxygen atoms in total. The molecule has 12 heteroatoms. The van der Waals surface area contributed by atoms with E-state index in [4.69, 9.17) is 0 Å². The Balaban J connectivity index is 1.66. The van der Waals surface area contributed by atoms with E-state index < -0.39 is 34.5 Å². The molecule has 4 aromatic rings. The molecule has 1 N–H and O–H groups in total. The minimum Gasteiger partial charge on any atom is -0.251 e. The molecule has 0 amide bonds. The lowest BCUT2D eigenvalue weighted by Gasteiger charge is -2.11. The van der Waals surface area contributed by atoms with E-state index >= 15 is 0 Å². The number of sulfonamides is 1. The topological polar surface area (TPSA) is 72.0 Å². The van der Waals surface area contributed by atoms with Gasteiger partial charge in [-0.05, 0) is 66.6 Å². The number of aryl methyl sites for hydroxylation is 1. The van der Waals surface area contributed by atoms with Crippen LogP contribution in [-0.2, 0) is 16.2 Å². The molecular weight excluding hydrogens is 532 g/mol. The lowest BCUT2D eigenvalue weighted by Crippen LogP contribution is -2.33. The number of pyridine rings is 2. The number of benzene rings is 2. The molecule has 2 aromatic carbocycles. The lowest BCUT2D eigenvalue weighted by atomic mass is 10.0. The van der Waals surface area contributed by atoms with E-state index in [1.165, 1.54) is 35.1 Å². The number of hydrogen-bond acceptors (Lipinski definition) is 4. The minimum absolute atomic E-state index is 0.342. The number of nitrogens with one attached hydrogen (secondary N) is 1. The molecule has 2 heterocycles. The summed E-state index contributed by atoms with van der Waals surface area (Å²) in [4.78, 5) is 8.65. The standard InChI is InChI=1S/C26H19F6N3O2S/c1-16-12-19(17-8-10-20(11-9-17)26(30,31)32)14-24(34-16)23-7-3-6-22(35-23)18-4-2-5-21(13-18)38(36,37)33-15-25(27,28)29/h2-14,33H,15H2,1H3. The van der Waals surface area contributed by atoms with E-state index in [1.807, 2.05) is 0 Å². The summed E-state index contributed by atoms with van der Waals surface area (Å²) in [5.74, 6) is 0. The molecule has 0 fully saturated rings. The highest BCUT2D eigenvalue weighted by atomic mass is 32.2. The Morgan fingerprint density at radius 2 is 1.37 bits per heavy atom. The van der Waals surface area contributed by atoms with Gasteiger partial charge in [-0.2, -0.15) is 26.3 Å². The summed E-state index contributed by atoms with van der Waals surface area (Å²) < 4.78 is 102. The SMILES string of the molecule is Cc1cc(-c2ccc(C(F)(F)F)cc2)cc(-c2cccc(-c3cccc(S(=O)(=O)NCC(F)(F)F)c3)n2)n1. The number of hydrogen-bond donors (Lipinski definition) is 1. The van der Waals surface area contributed by atoms with Crippen molar-refractivity contribution in [3.05, 3.63) is 90.1 Å². The van der Waals surface area contributed by atoms with Crippen molar-refractivity contribution in [2.75, 3.05) is 6.54 Å². The zero-order valence-electron chi connectivity index (χ0n) is 19.6. The van der Waals surface area contributed by atoms with Gasteiger partial charge in [0.15, 0.2) is 0 Å². The van der Waals surface area contributed by atoms with Crippen LogP contribution in [0.25, 0.3) is 33.8 Å². The zero-order valence-corrected chi connectivity index (χ0v) is 20.4. The van der Waals surface area contributed by atoms with Gasteiger partial charge in [-0.25, -0.2) is 18.1 Å². The van der Waals surface area contributed by atoms with Crippen molar-refractivity contribution in [1.82, 2.24) is 14.7 Å². The quantitative estimate of drug-likeness (QED) is 0.273. The van der Waals surface area contributed by atoms with Crippen molar-refractivity contribution in [2.45, 2.75) is 24.2 Å². The van der Waals surface area contributed by atoms with E-state index in [-0.39, 0.29) is 4.90 Å². The van der Waals surface area contributed by atoms with Gasteiger partial charge in [-0.15, -0.1) is 0 Å². The normalized spacial score (nSPS) is 12.5. The monoisotopic (exact) mass is 551 g/mol. The molecule has 2 aromatic heterocycles. The molecule has 198 valence electrons. The fourth-order valence-corrected chi connectivity index (χ4v) is 4.70. The Kier molecular flexibility index (Phi) is 7.31. The van der Waals surface area contributed by atoms with Gasteiger partial charge in [0.05, 0.1) is 27.5 Å². The van der Waals surface area contributed by atoms with Crippen LogP contribution < -0.4 is 4.72 Å². The summed E-state index contributed by atoms with van der Waals surface area (Å²) in [5.41, 5.74) is 2.52.